The summed E-state index contributed by atoms with van der Waals surface area (Å²) in [7, 11) is 1.30. The first-order chi connectivity index (χ1) is 25.6. The molecule has 310 valence electrons. The average molecular weight is 768 g/mol. The molecule has 0 N–H and O–H groups in total. The van der Waals surface area contributed by atoms with E-state index in [-0.39, 0.29) is 26.2 Å². The summed E-state index contributed by atoms with van der Waals surface area (Å²) in [4.78, 5) is 25.0. The average Bonchev–Trinajstić information content (AvgIpc) is 3.11. The molecule has 0 bridgehead atoms. The zero-order valence-electron chi connectivity index (χ0n) is 35.0. The van der Waals surface area contributed by atoms with Crippen LogP contribution in [0, 0.1) is 0 Å². The maximum atomic E-state index is 12.6. The molecule has 0 aromatic carbocycles. The SMILES string of the molecule is CCCCC/C=C/C/C=C/C/C=C/CCCCC(=O)O[C@H](CO/C=C/CCCCCCCCCCCCCCCC)COP(=O)([O-])OCC[N+](C)(C)C. The minimum Gasteiger partial charge on any atom is -0.756 e. The molecule has 8 nitrogen and oxygen atoms in total. The molecular weight excluding hydrogens is 685 g/mol. The van der Waals surface area contributed by atoms with Crippen LogP contribution >= 0.6 is 7.82 Å². The number of quaternary nitrogens is 1. The number of rotatable bonds is 39. The van der Waals surface area contributed by atoms with Gasteiger partial charge in [0, 0.05) is 6.42 Å². The minimum atomic E-state index is -4.55. The summed E-state index contributed by atoms with van der Waals surface area (Å²) < 4.78 is 34.2. The van der Waals surface area contributed by atoms with Crippen molar-refractivity contribution in [1.82, 2.24) is 0 Å². The molecule has 0 saturated carbocycles. The van der Waals surface area contributed by atoms with Crippen LogP contribution in [0.5, 0.6) is 0 Å². The summed E-state index contributed by atoms with van der Waals surface area (Å²) in [6.07, 6.45) is 45.0. The van der Waals surface area contributed by atoms with Crippen molar-refractivity contribution in [2.75, 3.05) is 47.5 Å². The summed E-state index contributed by atoms with van der Waals surface area (Å²) in [5, 5.41) is 0. The number of hydrogen-bond acceptors (Lipinski definition) is 7. The Morgan fingerprint density at radius 2 is 1.06 bits per heavy atom. The van der Waals surface area contributed by atoms with E-state index in [0.29, 0.717) is 17.4 Å². The van der Waals surface area contributed by atoms with Crippen LogP contribution in [0.15, 0.2) is 48.8 Å². The number of esters is 1. The minimum absolute atomic E-state index is 0.00473. The lowest BCUT2D eigenvalue weighted by atomic mass is 10.0. The quantitative estimate of drug-likeness (QED) is 0.0153. The Kier molecular flexibility index (Phi) is 36.0. The lowest BCUT2D eigenvalue weighted by Gasteiger charge is -2.28. The van der Waals surface area contributed by atoms with Gasteiger partial charge in [-0.2, -0.15) is 0 Å². The number of ether oxygens (including phenoxy) is 2. The summed E-state index contributed by atoms with van der Waals surface area (Å²) in [6.45, 7) is 4.66. The Morgan fingerprint density at radius 3 is 1.60 bits per heavy atom. The van der Waals surface area contributed by atoms with E-state index in [0.717, 1.165) is 38.5 Å². The molecule has 9 heteroatoms. The normalized spacial score (nSPS) is 14.2. The van der Waals surface area contributed by atoms with E-state index in [4.69, 9.17) is 18.5 Å². The Morgan fingerprint density at radius 1 is 0.604 bits per heavy atom. The van der Waals surface area contributed by atoms with Gasteiger partial charge < -0.3 is 27.9 Å². The second kappa shape index (κ2) is 37.2. The van der Waals surface area contributed by atoms with Gasteiger partial charge in [-0.25, -0.2) is 0 Å². The molecule has 0 saturated heterocycles. The fourth-order valence-corrected chi connectivity index (χ4v) is 6.30. The van der Waals surface area contributed by atoms with Crippen molar-refractivity contribution in [3.8, 4) is 0 Å². The fourth-order valence-electron chi connectivity index (χ4n) is 5.58. The number of carbonyl (C=O) groups is 1. The van der Waals surface area contributed by atoms with Crippen molar-refractivity contribution in [2.24, 2.45) is 0 Å². The van der Waals surface area contributed by atoms with Crippen molar-refractivity contribution >= 4 is 13.8 Å². The van der Waals surface area contributed by atoms with E-state index in [2.05, 4.69) is 50.3 Å². The second-order valence-electron chi connectivity index (χ2n) is 15.4. The van der Waals surface area contributed by atoms with Gasteiger partial charge in [0.15, 0.2) is 6.10 Å². The van der Waals surface area contributed by atoms with E-state index < -0.39 is 19.9 Å². The lowest BCUT2D eigenvalue weighted by Crippen LogP contribution is -2.37. The molecule has 0 aliphatic rings. The predicted octanol–water partition coefficient (Wildman–Crippen LogP) is 12.1. The monoisotopic (exact) mass is 768 g/mol. The van der Waals surface area contributed by atoms with Crippen LogP contribution in [-0.2, 0) is 27.9 Å². The van der Waals surface area contributed by atoms with Crippen molar-refractivity contribution < 1.29 is 37.3 Å². The maximum absolute atomic E-state index is 12.6. The maximum Gasteiger partial charge on any atom is 0.306 e. The summed E-state index contributed by atoms with van der Waals surface area (Å²) >= 11 is 0. The second-order valence-corrected chi connectivity index (χ2v) is 16.8. The number of allylic oxidation sites excluding steroid dienone is 7. The third kappa shape index (κ3) is 41.3. The highest BCUT2D eigenvalue weighted by Gasteiger charge is 2.20. The van der Waals surface area contributed by atoms with Gasteiger partial charge in [-0.3, -0.25) is 9.36 Å². The molecule has 1 unspecified atom stereocenters. The number of hydrogen-bond donors (Lipinski definition) is 0. The van der Waals surface area contributed by atoms with Gasteiger partial charge >= 0.3 is 5.97 Å². The van der Waals surface area contributed by atoms with Crippen LogP contribution < -0.4 is 4.89 Å². The van der Waals surface area contributed by atoms with E-state index >= 15 is 0 Å². The van der Waals surface area contributed by atoms with Crippen LogP contribution in [0.3, 0.4) is 0 Å². The van der Waals surface area contributed by atoms with Crippen LogP contribution in [0.1, 0.15) is 174 Å². The van der Waals surface area contributed by atoms with Crippen LogP contribution in [0.25, 0.3) is 0 Å². The first-order valence-corrected chi connectivity index (χ1v) is 22.9. The van der Waals surface area contributed by atoms with Crippen molar-refractivity contribution in [3.05, 3.63) is 48.8 Å². The molecule has 0 rings (SSSR count). The zero-order valence-corrected chi connectivity index (χ0v) is 35.8. The predicted molar refractivity (Wildman–Crippen MR) is 222 cm³/mol. The standard InChI is InChI=1S/C44H82NO7P/c1-6-8-10-12-14-16-18-20-22-24-26-28-30-32-34-36-39-49-41-43(42-51-53(47,48)50-40-38-45(3,4)5)52-44(46)37-35-33-31-29-27-25-23-21-19-17-15-13-11-9-7-2/h15,17,21,23,27,29,36,39,43H,6-14,16,18-20,22,24-26,28,30-35,37-38,40-42H2,1-5H3/b17-15+,23-21+,29-27+,39-36+/t43-/m1/s1. The molecule has 0 radical (unpaired) electrons. The molecule has 0 aliphatic heterocycles. The number of phosphoric ester groups is 1. The fraction of sp³-hybridized carbons (Fsp3) is 0.795. The van der Waals surface area contributed by atoms with Crippen LogP contribution in [0.4, 0.5) is 0 Å². The molecule has 0 spiro atoms. The third-order valence-electron chi connectivity index (χ3n) is 8.95. The molecule has 2 atom stereocenters. The van der Waals surface area contributed by atoms with Crippen LogP contribution in [0.2, 0.25) is 0 Å². The van der Waals surface area contributed by atoms with E-state index in [1.54, 1.807) is 6.26 Å². The zero-order chi connectivity index (χ0) is 39.1. The molecule has 0 fully saturated rings. The number of unbranched alkanes of at least 4 members (excludes halogenated alkanes) is 19. The first kappa shape index (κ1) is 51.3. The summed E-state index contributed by atoms with van der Waals surface area (Å²) in [5.74, 6) is -0.394. The van der Waals surface area contributed by atoms with Gasteiger partial charge in [0.1, 0.15) is 19.8 Å². The Hall–Kier alpha value is -1.70. The van der Waals surface area contributed by atoms with Crippen molar-refractivity contribution in [3.63, 3.8) is 0 Å². The van der Waals surface area contributed by atoms with Gasteiger partial charge in [-0.05, 0) is 63.9 Å². The Balaban J connectivity index is 4.37. The number of nitrogens with zero attached hydrogens (tertiary/aromatic N) is 1. The highest BCUT2D eigenvalue weighted by atomic mass is 31.2. The first-order valence-electron chi connectivity index (χ1n) is 21.4. The Bertz CT molecular complexity index is 989. The highest BCUT2D eigenvalue weighted by Crippen LogP contribution is 2.38. The summed E-state index contributed by atoms with van der Waals surface area (Å²) in [6, 6.07) is 0. The van der Waals surface area contributed by atoms with Crippen LogP contribution in [-0.4, -0.2) is 64.1 Å². The van der Waals surface area contributed by atoms with Gasteiger partial charge in [0.25, 0.3) is 7.82 Å². The third-order valence-corrected chi connectivity index (χ3v) is 9.91. The molecular formula is C44H82NO7P. The molecule has 0 heterocycles. The van der Waals surface area contributed by atoms with Gasteiger partial charge in [-0.1, -0.05) is 147 Å². The van der Waals surface area contributed by atoms with Gasteiger partial charge in [0.2, 0.25) is 0 Å². The number of carbonyl (C=O) groups excluding carboxylic acids is 1. The van der Waals surface area contributed by atoms with E-state index in [1.165, 1.54) is 109 Å². The van der Waals surface area contributed by atoms with Crippen molar-refractivity contribution in [1.29, 1.82) is 0 Å². The number of phosphoric acid groups is 1. The largest absolute Gasteiger partial charge is 0.756 e. The van der Waals surface area contributed by atoms with Gasteiger partial charge in [0.05, 0.1) is 34.0 Å². The molecule has 53 heavy (non-hydrogen) atoms. The highest BCUT2D eigenvalue weighted by molar-refractivity contribution is 7.45. The summed E-state index contributed by atoms with van der Waals surface area (Å²) in [5.41, 5.74) is 0. The lowest BCUT2D eigenvalue weighted by molar-refractivity contribution is -0.870. The topological polar surface area (TPSA) is 94.1 Å². The molecule has 0 aliphatic carbocycles. The molecule has 0 aromatic heterocycles. The molecule has 0 amide bonds. The van der Waals surface area contributed by atoms with E-state index in [9.17, 15) is 14.3 Å². The smallest absolute Gasteiger partial charge is 0.306 e. The molecule has 0 aromatic rings. The van der Waals surface area contributed by atoms with Gasteiger partial charge in [-0.15, -0.1) is 0 Å². The van der Waals surface area contributed by atoms with Crippen molar-refractivity contribution in [2.45, 2.75) is 180 Å². The van der Waals surface area contributed by atoms with E-state index in [1.807, 2.05) is 27.2 Å². The number of likely N-dealkylation sites (N-methyl/N-ethyl adjacent to an activating group) is 1. The Labute approximate surface area is 327 Å².